The molecule has 0 saturated carbocycles. The summed E-state index contributed by atoms with van der Waals surface area (Å²) < 4.78 is 0. The highest BCUT2D eigenvalue weighted by Crippen LogP contribution is 2.25. The second-order valence-corrected chi connectivity index (χ2v) is 5.70. The molecule has 19 heavy (non-hydrogen) atoms. The molecule has 1 aliphatic rings. The highest BCUT2D eigenvalue weighted by molar-refractivity contribution is 6.35. The van der Waals surface area contributed by atoms with Gasteiger partial charge in [-0.05, 0) is 37.5 Å². The summed E-state index contributed by atoms with van der Waals surface area (Å²) in [4.78, 5) is 13.8. The molecule has 1 amide bonds. The van der Waals surface area contributed by atoms with Crippen LogP contribution in [0, 0.1) is 0 Å². The summed E-state index contributed by atoms with van der Waals surface area (Å²) in [6.07, 6.45) is 2.23. The number of nitrogens with zero attached hydrogens (tertiary/aromatic N) is 1. The Labute approximate surface area is 123 Å². The molecular formula is C14H18Cl2N2O. The summed E-state index contributed by atoms with van der Waals surface area (Å²) in [6, 6.07) is 5.45. The van der Waals surface area contributed by atoms with Crippen LogP contribution >= 0.6 is 23.2 Å². The Morgan fingerprint density at radius 3 is 2.68 bits per heavy atom. The van der Waals surface area contributed by atoms with Crippen LogP contribution in [0.2, 0.25) is 10.0 Å². The van der Waals surface area contributed by atoms with Crippen molar-refractivity contribution in [1.29, 1.82) is 0 Å². The van der Waals surface area contributed by atoms with Gasteiger partial charge in [0.15, 0.2) is 0 Å². The number of likely N-dealkylation sites (tertiary alicyclic amines) is 1. The molecule has 104 valence electrons. The van der Waals surface area contributed by atoms with Crippen molar-refractivity contribution < 1.29 is 4.79 Å². The van der Waals surface area contributed by atoms with Crippen molar-refractivity contribution in [2.24, 2.45) is 0 Å². The number of carbonyl (C=O) groups excluding carboxylic acids is 1. The molecule has 0 radical (unpaired) electrons. The van der Waals surface area contributed by atoms with Crippen LogP contribution in [-0.2, 0) is 4.79 Å². The van der Waals surface area contributed by atoms with Gasteiger partial charge < -0.3 is 10.2 Å². The number of nitrogens with one attached hydrogen (secondary N) is 1. The van der Waals surface area contributed by atoms with Gasteiger partial charge >= 0.3 is 0 Å². The molecule has 1 N–H and O–H groups in total. The van der Waals surface area contributed by atoms with Gasteiger partial charge in [-0.25, -0.2) is 0 Å². The Hall–Kier alpha value is -0.770. The topological polar surface area (TPSA) is 32.3 Å². The Bertz CT molecular complexity index is 459. The Morgan fingerprint density at radius 1 is 1.37 bits per heavy atom. The molecule has 0 aromatic heterocycles. The summed E-state index contributed by atoms with van der Waals surface area (Å²) in [6.45, 7) is 4.11. The lowest BCUT2D eigenvalue weighted by Gasteiger charge is -2.19. The first-order chi connectivity index (χ1) is 9.08. The van der Waals surface area contributed by atoms with E-state index in [1.165, 1.54) is 0 Å². The average Bonchev–Trinajstić information content (AvgIpc) is 2.89. The van der Waals surface area contributed by atoms with E-state index in [0.29, 0.717) is 16.6 Å². The standard InChI is InChI=1S/C14H18Cl2N2O/c1-10(12-5-4-11(15)8-13(12)16)17-9-14(19)18-6-2-3-7-18/h4-5,8,10,17H,2-3,6-7,9H2,1H3. The molecule has 1 unspecified atom stereocenters. The van der Waals surface area contributed by atoms with Gasteiger partial charge in [-0.15, -0.1) is 0 Å². The van der Waals surface area contributed by atoms with Gasteiger partial charge in [0.2, 0.25) is 5.91 Å². The van der Waals surface area contributed by atoms with Crippen LogP contribution in [0.1, 0.15) is 31.4 Å². The molecular weight excluding hydrogens is 283 g/mol. The molecule has 1 saturated heterocycles. The zero-order valence-electron chi connectivity index (χ0n) is 11.0. The zero-order chi connectivity index (χ0) is 13.8. The summed E-state index contributed by atoms with van der Waals surface area (Å²) in [5.41, 5.74) is 0.959. The lowest BCUT2D eigenvalue weighted by atomic mass is 10.1. The molecule has 3 nitrogen and oxygen atoms in total. The van der Waals surface area contributed by atoms with Crippen molar-refractivity contribution in [3.05, 3.63) is 33.8 Å². The van der Waals surface area contributed by atoms with Gasteiger partial charge in [0, 0.05) is 29.2 Å². The van der Waals surface area contributed by atoms with Crippen LogP contribution < -0.4 is 5.32 Å². The van der Waals surface area contributed by atoms with Gasteiger partial charge in [-0.2, -0.15) is 0 Å². The van der Waals surface area contributed by atoms with Gasteiger partial charge in [0.25, 0.3) is 0 Å². The van der Waals surface area contributed by atoms with Crippen LogP contribution in [0.25, 0.3) is 0 Å². The fourth-order valence-corrected chi connectivity index (χ4v) is 2.85. The van der Waals surface area contributed by atoms with Crippen molar-refractivity contribution in [1.82, 2.24) is 10.2 Å². The van der Waals surface area contributed by atoms with Crippen LogP contribution in [0.15, 0.2) is 18.2 Å². The predicted molar refractivity (Wildman–Crippen MR) is 78.7 cm³/mol. The lowest BCUT2D eigenvalue weighted by molar-refractivity contribution is -0.129. The molecule has 0 spiro atoms. The smallest absolute Gasteiger partial charge is 0.236 e. The van der Waals surface area contributed by atoms with Crippen molar-refractivity contribution in [3.8, 4) is 0 Å². The number of rotatable bonds is 4. The quantitative estimate of drug-likeness (QED) is 0.925. The first-order valence-electron chi connectivity index (χ1n) is 6.54. The highest BCUT2D eigenvalue weighted by atomic mass is 35.5. The van der Waals surface area contributed by atoms with Gasteiger partial charge in [0.05, 0.1) is 6.54 Å². The normalized spacial score (nSPS) is 16.7. The van der Waals surface area contributed by atoms with E-state index in [1.807, 2.05) is 24.0 Å². The largest absolute Gasteiger partial charge is 0.342 e. The van der Waals surface area contributed by atoms with Crippen LogP contribution in [0.5, 0.6) is 0 Å². The average molecular weight is 301 g/mol. The monoisotopic (exact) mass is 300 g/mol. The molecule has 2 rings (SSSR count). The zero-order valence-corrected chi connectivity index (χ0v) is 12.5. The summed E-state index contributed by atoms with van der Waals surface area (Å²) in [5, 5.41) is 4.46. The minimum Gasteiger partial charge on any atom is -0.342 e. The third-order valence-electron chi connectivity index (χ3n) is 3.45. The van der Waals surface area contributed by atoms with E-state index in [1.54, 1.807) is 6.07 Å². The van der Waals surface area contributed by atoms with Crippen molar-refractivity contribution in [3.63, 3.8) is 0 Å². The molecule has 0 aliphatic carbocycles. The molecule has 1 aliphatic heterocycles. The molecule has 1 heterocycles. The number of carbonyl (C=O) groups is 1. The predicted octanol–water partition coefficient (Wildman–Crippen LogP) is 3.27. The van der Waals surface area contributed by atoms with E-state index in [4.69, 9.17) is 23.2 Å². The number of amides is 1. The Balaban J connectivity index is 1.89. The summed E-state index contributed by atoms with van der Waals surface area (Å²) in [7, 11) is 0. The van der Waals surface area contributed by atoms with Crippen LogP contribution in [0.4, 0.5) is 0 Å². The molecule has 1 aromatic carbocycles. The van der Waals surface area contributed by atoms with Crippen LogP contribution in [0.3, 0.4) is 0 Å². The Morgan fingerprint density at radius 2 is 2.05 bits per heavy atom. The maximum atomic E-state index is 11.9. The van der Waals surface area contributed by atoms with Crippen LogP contribution in [-0.4, -0.2) is 30.4 Å². The molecule has 1 fully saturated rings. The molecule has 0 bridgehead atoms. The Kier molecular flexibility index (Phi) is 5.08. The van der Waals surface area contributed by atoms with Crippen molar-refractivity contribution in [2.45, 2.75) is 25.8 Å². The number of hydrogen-bond acceptors (Lipinski definition) is 2. The summed E-state index contributed by atoms with van der Waals surface area (Å²) in [5.74, 6) is 0.162. The minimum absolute atomic E-state index is 0.0244. The van der Waals surface area contributed by atoms with Crippen molar-refractivity contribution in [2.75, 3.05) is 19.6 Å². The van der Waals surface area contributed by atoms with E-state index in [0.717, 1.165) is 31.5 Å². The third-order valence-corrected chi connectivity index (χ3v) is 4.01. The van der Waals surface area contributed by atoms with E-state index in [9.17, 15) is 4.79 Å². The highest BCUT2D eigenvalue weighted by Gasteiger charge is 2.18. The lowest BCUT2D eigenvalue weighted by Crippen LogP contribution is -2.37. The first-order valence-corrected chi connectivity index (χ1v) is 7.29. The van der Waals surface area contributed by atoms with Gasteiger partial charge in [-0.3, -0.25) is 4.79 Å². The molecule has 1 atom stereocenters. The number of benzene rings is 1. The number of hydrogen-bond donors (Lipinski definition) is 1. The summed E-state index contributed by atoms with van der Waals surface area (Å²) >= 11 is 12.0. The van der Waals surface area contributed by atoms with Crippen molar-refractivity contribution >= 4 is 29.1 Å². The minimum atomic E-state index is 0.0244. The molecule has 5 heteroatoms. The van der Waals surface area contributed by atoms with E-state index < -0.39 is 0 Å². The van der Waals surface area contributed by atoms with E-state index in [-0.39, 0.29) is 11.9 Å². The van der Waals surface area contributed by atoms with E-state index >= 15 is 0 Å². The first kappa shape index (κ1) is 14.6. The third kappa shape index (κ3) is 3.85. The fraction of sp³-hybridized carbons (Fsp3) is 0.500. The number of halogens is 2. The second-order valence-electron chi connectivity index (χ2n) is 4.86. The molecule has 1 aromatic rings. The van der Waals surface area contributed by atoms with Gasteiger partial charge in [0.1, 0.15) is 0 Å². The van der Waals surface area contributed by atoms with Gasteiger partial charge in [-0.1, -0.05) is 29.3 Å². The fourth-order valence-electron chi connectivity index (χ4n) is 2.28. The SMILES string of the molecule is CC(NCC(=O)N1CCCC1)c1ccc(Cl)cc1Cl. The van der Waals surface area contributed by atoms with E-state index in [2.05, 4.69) is 5.32 Å². The maximum absolute atomic E-state index is 11.9. The maximum Gasteiger partial charge on any atom is 0.236 e. The second kappa shape index (κ2) is 6.60.